The number of pyridine rings is 1. The molecule has 1 N–H and O–H groups in total. The summed E-state index contributed by atoms with van der Waals surface area (Å²) < 4.78 is 16.1. The summed E-state index contributed by atoms with van der Waals surface area (Å²) in [5, 5.41) is 12.0. The molecular weight excluding hydrogens is 334 g/mol. The molecule has 2 aromatic rings. The van der Waals surface area contributed by atoms with E-state index in [0.717, 1.165) is 0 Å². The summed E-state index contributed by atoms with van der Waals surface area (Å²) in [6.45, 7) is 4.31. The van der Waals surface area contributed by atoms with Crippen LogP contribution in [0.2, 0.25) is 0 Å². The molecule has 1 heterocycles. The van der Waals surface area contributed by atoms with Crippen molar-refractivity contribution in [1.29, 1.82) is 5.26 Å². The van der Waals surface area contributed by atoms with Crippen LogP contribution >= 0.6 is 0 Å². The summed E-state index contributed by atoms with van der Waals surface area (Å²) in [6.07, 6.45) is 1.59. The number of nitriles is 1. The third kappa shape index (κ3) is 6.16. The van der Waals surface area contributed by atoms with Crippen molar-refractivity contribution >= 4 is 11.7 Å². The van der Waals surface area contributed by atoms with Gasteiger partial charge in [0, 0.05) is 18.4 Å². The highest BCUT2D eigenvalue weighted by Crippen LogP contribution is 2.20. The van der Waals surface area contributed by atoms with Crippen molar-refractivity contribution in [3.05, 3.63) is 53.7 Å². The quantitative estimate of drug-likeness (QED) is 0.659. The molecular formula is C19H21N3O4. The molecule has 0 aliphatic rings. The van der Waals surface area contributed by atoms with Crippen LogP contribution in [0.3, 0.4) is 0 Å². The number of carbonyl (C=O) groups excluding carboxylic acids is 1. The molecule has 7 nitrogen and oxygen atoms in total. The number of nitrogens with zero attached hydrogens (tertiary/aromatic N) is 2. The fourth-order valence-electron chi connectivity index (χ4n) is 2.08. The molecule has 0 spiro atoms. The topological polar surface area (TPSA) is 93.5 Å². The number of benzene rings is 1. The first-order chi connectivity index (χ1) is 12.7. The van der Waals surface area contributed by atoms with Gasteiger partial charge in [-0.05, 0) is 37.3 Å². The Bertz CT molecular complexity index is 744. The largest absolute Gasteiger partial charge is 0.490 e. The van der Waals surface area contributed by atoms with Gasteiger partial charge in [-0.3, -0.25) is 4.79 Å². The normalized spacial score (nSPS) is 10.2. The lowest BCUT2D eigenvalue weighted by Crippen LogP contribution is -2.14. The summed E-state index contributed by atoms with van der Waals surface area (Å²) in [4.78, 5) is 16.3. The maximum atomic E-state index is 12.2. The molecule has 0 fully saturated rings. The molecule has 26 heavy (non-hydrogen) atoms. The molecule has 0 radical (unpaired) electrons. The first-order valence-corrected chi connectivity index (χ1v) is 8.29. The monoisotopic (exact) mass is 355 g/mol. The van der Waals surface area contributed by atoms with Gasteiger partial charge < -0.3 is 19.5 Å². The predicted molar refractivity (Wildman–Crippen MR) is 96.2 cm³/mol. The van der Waals surface area contributed by atoms with Gasteiger partial charge in [0.15, 0.2) is 0 Å². The molecule has 1 aromatic heterocycles. The number of anilines is 1. The maximum Gasteiger partial charge on any atom is 0.256 e. The van der Waals surface area contributed by atoms with E-state index in [4.69, 9.17) is 14.2 Å². The van der Waals surface area contributed by atoms with Crippen LogP contribution in [0.15, 0.2) is 42.6 Å². The van der Waals surface area contributed by atoms with Crippen molar-refractivity contribution < 1.29 is 19.0 Å². The third-order valence-corrected chi connectivity index (χ3v) is 3.33. The number of hydrogen-bond acceptors (Lipinski definition) is 6. The lowest BCUT2D eigenvalue weighted by molar-refractivity contribution is 0.0404. The number of aromatic nitrogens is 1. The van der Waals surface area contributed by atoms with Crippen LogP contribution in [-0.4, -0.2) is 43.9 Å². The Hall–Kier alpha value is -2.95. The molecule has 136 valence electrons. The Morgan fingerprint density at radius 2 is 1.96 bits per heavy atom. The van der Waals surface area contributed by atoms with Gasteiger partial charge in [0.25, 0.3) is 5.91 Å². The van der Waals surface area contributed by atoms with Gasteiger partial charge in [-0.2, -0.15) is 5.26 Å². The van der Waals surface area contributed by atoms with Gasteiger partial charge in [0.05, 0.1) is 25.4 Å². The first kappa shape index (κ1) is 19.4. The molecule has 0 bridgehead atoms. The second-order valence-electron chi connectivity index (χ2n) is 5.15. The van der Waals surface area contributed by atoms with Crippen LogP contribution in [0.25, 0.3) is 0 Å². The average Bonchev–Trinajstić information content (AvgIpc) is 2.68. The average molecular weight is 355 g/mol. The van der Waals surface area contributed by atoms with Gasteiger partial charge in [-0.25, -0.2) is 4.98 Å². The summed E-state index contributed by atoms with van der Waals surface area (Å²) in [7, 11) is 0. The van der Waals surface area contributed by atoms with Crippen molar-refractivity contribution in [3.8, 4) is 11.8 Å². The van der Waals surface area contributed by atoms with E-state index in [1.165, 1.54) is 6.07 Å². The Balaban J connectivity index is 1.88. The summed E-state index contributed by atoms with van der Waals surface area (Å²) >= 11 is 0. The van der Waals surface area contributed by atoms with Crippen LogP contribution in [-0.2, 0) is 9.47 Å². The molecule has 1 aromatic carbocycles. The highest BCUT2D eigenvalue weighted by atomic mass is 16.5. The van der Waals surface area contributed by atoms with E-state index in [2.05, 4.69) is 10.3 Å². The molecule has 0 saturated heterocycles. The zero-order valence-electron chi connectivity index (χ0n) is 14.6. The number of nitrogens with one attached hydrogen (secondary N) is 1. The van der Waals surface area contributed by atoms with E-state index < -0.39 is 0 Å². The molecule has 0 aliphatic carbocycles. The number of rotatable bonds is 10. The number of amides is 1. The number of ether oxygens (including phenoxy) is 3. The fourth-order valence-corrected chi connectivity index (χ4v) is 2.08. The van der Waals surface area contributed by atoms with Crippen molar-refractivity contribution in [2.24, 2.45) is 0 Å². The summed E-state index contributed by atoms with van der Waals surface area (Å²) in [5.41, 5.74) is 0.639. The van der Waals surface area contributed by atoms with Gasteiger partial charge >= 0.3 is 0 Å². The maximum absolute atomic E-state index is 12.2. The Morgan fingerprint density at radius 3 is 2.69 bits per heavy atom. The zero-order valence-corrected chi connectivity index (χ0v) is 14.6. The Labute approximate surface area is 152 Å². The molecule has 1 amide bonds. The van der Waals surface area contributed by atoms with E-state index in [0.29, 0.717) is 50.2 Å². The minimum absolute atomic E-state index is 0.285. The molecule has 0 aliphatic heterocycles. The Kier molecular flexibility index (Phi) is 8.06. The lowest BCUT2D eigenvalue weighted by Gasteiger charge is -2.10. The highest BCUT2D eigenvalue weighted by molar-refractivity contribution is 6.04. The summed E-state index contributed by atoms with van der Waals surface area (Å²) in [6, 6.07) is 12.0. The second-order valence-corrected chi connectivity index (χ2v) is 5.15. The van der Waals surface area contributed by atoms with E-state index in [1.807, 2.05) is 13.0 Å². The molecule has 0 saturated carbocycles. The van der Waals surface area contributed by atoms with Crippen LogP contribution in [0.4, 0.5) is 5.82 Å². The lowest BCUT2D eigenvalue weighted by atomic mass is 10.1. The van der Waals surface area contributed by atoms with Crippen LogP contribution < -0.4 is 10.1 Å². The van der Waals surface area contributed by atoms with Crippen molar-refractivity contribution in [3.63, 3.8) is 0 Å². The van der Waals surface area contributed by atoms with E-state index in [1.54, 1.807) is 36.5 Å². The van der Waals surface area contributed by atoms with Gasteiger partial charge in [-0.15, -0.1) is 0 Å². The van der Waals surface area contributed by atoms with Crippen molar-refractivity contribution in [2.75, 3.05) is 38.4 Å². The molecule has 0 unspecified atom stereocenters. The third-order valence-electron chi connectivity index (χ3n) is 3.33. The number of hydrogen-bond donors (Lipinski definition) is 1. The molecule has 0 atom stereocenters. The predicted octanol–water partition coefficient (Wildman–Crippen LogP) is 2.64. The van der Waals surface area contributed by atoms with Gasteiger partial charge in [0.2, 0.25) is 0 Å². The first-order valence-electron chi connectivity index (χ1n) is 8.29. The smallest absolute Gasteiger partial charge is 0.256 e. The van der Waals surface area contributed by atoms with Crippen molar-refractivity contribution in [2.45, 2.75) is 6.92 Å². The standard InChI is InChI=1S/C19H21N3O4/c1-2-24-9-10-25-11-12-26-17-7-6-15(13-16(17)14-20)19(23)22-18-5-3-4-8-21-18/h3-8,13H,2,9-12H2,1H3,(H,21,22,23). The van der Waals surface area contributed by atoms with E-state index in [-0.39, 0.29) is 11.5 Å². The number of carbonyl (C=O) groups is 1. The van der Waals surface area contributed by atoms with E-state index in [9.17, 15) is 10.1 Å². The van der Waals surface area contributed by atoms with Gasteiger partial charge in [0.1, 0.15) is 24.2 Å². The molecule has 2 rings (SSSR count). The Morgan fingerprint density at radius 1 is 1.15 bits per heavy atom. The van der Waals surface area contributed by atoms with Crippen LogP contribution in [0, 0.1) is 11.3 Å². The summed E-state index contributed by atoms with van der Waals surface area (Å²) in [5.74, 6) is 0.516. The highest BCUT2D eigenvalue weighted by Gasteiger charge is 2.11. The van der Waals surface area contributed by atoms with Gasteiger partial charge in [-0.1, -0.05) is 6.07 Å². The second kappa shape index (κ2) is 10.8. The van der Waals surface area contributed by atoms with Crippen LogP contribution in [0.1, 0.15) is 22.8 Å². The molecule has 7 heteroatoms. The SMILES string of the molecule is CCOCCOCCOc1ccc(C(=O)Nc2ccccn2)cc1C#N. The van der Waals surface area contributed by atoms with Crippen molar-refractivity contribution in [1.82, 2.24) is 4.98 Å². The minimum atomic E-state index is -0.342. The minimum Gasteiger partial charge on any atom is -0.490 e. The zero-order chi connectivity index (χ0) is 18.6. The van der Waals surface area contributed by atoms with Crippen LogP contribution in [0.5, 0.6) is 5.75 Å². The van der Waals surface area contributed by atoms with E-state index >= 15 is 0 Å². The fraction of sp³-hybridized carbons (Fsp3) is 0.316.